The van der Waals surface area contributed by atoms with Gasteiger partial charge in [0.05, 0.1) is 33.1 Å². The molecule has 0 bridgehead atoms. The number of rotatable bonds is 7. The van der Waals surface area contributed by atoms with E-state index in [1.54, 1.807) is 84.8 Å². The van der Waals surface area contributed by atoms with Crippen molar-refractivity contribution in [2.45, 2.75) is 31.2 Å². The van der Waals surface area contributed by atoms with Gasteiger partial charge in [0.15, 0.2) is 0 Å². The van der Waals surface area contributed by atoms with Crippen LogP contribution >= 0.6 is 0 Å². The number of hydrogen-bond donors (Lipinski definition) is 1. The quantitative estimate of drug-likeness (QED) is 0.487. The van der Waals surface area contributed by atoms with E-state index >= 15 is 0 Å². The summed E-state index contributed by atoms with van der Waals surface area (Å²) in [6, 6.07) is 18.4. The molecule has 0 radical (unpaired) electrons. The highest BCUT2D eigenvalue weighted by Crippen LogP contribution is 2.39. The zero-order valence-electron chi connectivity index (χ0n) is 22.5. The van der Waals surface area contributed by atoms with Crippen molar-refractivity contribution < 1.29 is 28.6 Å². The number of aromatic nitrogens is 1. The second-order valence-electron chi connectivity index (χ2n) is 9.74. The number of nitrogens with one attached hydrogen (secondary N) is 1. The van der Waals surface area contributed by atoms with Gasteiger partial charge in [-0.2, -0.15) is 0 Å². The lowest BCUT2D eigenvalue weighted by Gasteiger charge is -2.44. The third kappa shape index (κ3) is 5.48. The molecular weight excluding hydrogens is 512 g/mol. The lowest BCUT2D eigenvalue weighted by molar-refractivity contribution is -0.128. The zero-order valence-corrected chi connectivity index (χ0v) is 22.5. The van der Waals surface area contributed by atoms with Crippen molar-refractivity contribution in [1.82, 2.24) is 20.1 Å². The molecule has 2 saturated heterocycles. The monoisotopic (exact) mass is 544 g/mol. The first-order chi connectivity index (χ1) is 19.4. The van der Waals surface area contributed by atoms with Gasteiger partial charge >= 0.3 is 0 Å². The Labute approximate surface area is 232 Å². The van der Waals surface area contributed by atoms with Crippen molar-refractivity contribution in [3.8, 4) is 11.5 Å². The minimum atomic E-state index is -1.01. The molecule has 3 aromatic rings. The SMILES string of the molecule is COc1ccc(C(=O)N2CCC3(CC2)OCC(C(=O)NCc2ccccn2)N3C(=O)c2ccc(OC)cc2)cc1. The molecule has 2 aromatic carbocycles. The van der Waals surface area contributed by atoms with Gasteiger partial charge < -0.3 is 24.4 Å². The number of methoxy groups -OCH3 is 2. The fourth-order valence-electron chi connectivity index (χ4n) is 5.21. The minimum absolute atomic E-state index is 0.0579. The zero-order chi connectivity index (χ0) is 28.1. The van der Waals surface area contributed by atoms with E-state index in [9.17, 15) is 14.4 Å². The molecule has 5 rings (SSSR count). The summed E-state index contributed by atoms with van der Waals surface area (Å²) in [4.78, 5) is 48.1. The average molecular weight is 545 g/mol. The van der Waals surface area contributed by atoms with Crippen molar-refractivity contribution in [3.63, 3.8) is 0 Å². The molecule has 0 aliphatic carbocycles. The number of carbonyl (C=O) groups is 3. The van der Waals surface area contributed by atoms with Crippen LogP contribution in [0.25, 0.3) is 0 Å². The Bertz CT molecular complexity index is 1340. The molecule has 1 spiro atoms. The molecule has 40 heavy (non-hydrogen) atoms. The van der Waals surface area contributed by atoms with Crippen LogP contribution in [-0.2, 0) is 16.1 Å². The number of amides is 3. The summed E-state index contributed by atoms with van der Waals surface area (Å²) in [6.07, 6.45) is 2.41. The number of carbonyl (C=O) groups excluding carboxylic acids is 3. The van der Waals surface area contributed by atoms with E-state index in [0.29, 0.717) is 54.3 Å². The maximum absolute atomic E-state index is 13.9. The first kappa shape index (κ1) is 27.1. The summed E-state index contributed by atoms with van der Waals surface area (Å²) in [5, 5.41) is 2.91. The summed E-state index contributed by atoms with van der Waals surface area (Å²) in [6.45, 7) is 1.04. The normalized spacial score (nSPS) is 17.9. The van der Waals surface area contributed by atoms with E-state index in [-0.39, 0.29) is 30.9 Å². The number of ether oxygens (including phenoxy) is 3. The van der Waals surface area contributed by atoms with Crippen LogP contribution in [0, 0.1) is 0 Å². The van der Waals surface area contributed by atoms with Crippen LogP contribution in [0.15, 0.2) is 72.9 Å². The lowest BCUT2D eigenvalue weighted by Crippen LogP contribution is -2.59. The maximum atomic E-state index is 13.9. The molecule has 2 aliphatic heterocycles. The van der Waals surface area contributed by atoms with E-state index in [1.165, 1.54) is 0 Å². The second-order valence-corrected chi connectivity index (χ2v) is 9.74. The van der Waals surface area contributed by atoms with Gasteiger partial charge in [-0.3, -0.25) is 24.3 Å². The highest BCUT2D eigenvalue weighted by atomic mass is 16.5. The molecule has 1 N–H and O–H groups in total. The first-order valence-corrected chi connectivity index (χ1v) is 13.2. The van der Waals surface area contributed by atoms with Crippen LogP contribution in [0.4, 0.5) is 0 Å². The average Bonchev–Trinajstić information content (AvgIpc) is 3.38. The van der Waals surface area contributed by atoms with Gasteiger partial charge in [-0.15, -0.1) is 0 Å². The molecule has 3 amide bonds. The number of pyridine rings is 1. The Morgan fingerprint density at radius 1 is 0.900 bits per heavy atom. The van der Waals surface area contributed by atoms with E-state index in [2.05, 4.69) is 10.3 Å². The number of hydrogen-bond acceptors (Lipinski definition) is 7. The van der Waals surface area contributed by atoms with Crippen LogP contribution in [-0.4, -0.2) is 78.2 Å². The lowest BCUT2D eigenvalue weighted by atomic mass is 9.96. The molecule has 1 atom stereocenters. The highest BCUT2D eigenvalue weighted by Gasteiger charge is 2.54. The third-order valence-corrected chi connectivity index (χ3v) is 7.46. The van der Waals surface area contributed by atoms with Crippen molar-refractivity contribution in [3.05, 3.63) is 89.7 Å². The fourth-order valence-corrected chi connectivity index (χ4v) is 5.21. The van der Waals surface area contributed by atoms with E-state index in [0.717, 1.165) is 0 Å². The predicted molar refractivity (Wildman–Crippen MR) is 146 cm³/mol. The number of nitrogens with zero attached hydrogens (tertiary/aromatic N) is 3. The van der Waals surface area contributed by atoms with E-state index < -0.39 is 11.8 Å². The summed E-state index contributed by atoms with van der Waals surface area (Å²) in [5.74, 6) is 0.565. The Morgan fingerprint density at radius 2 is 1.50 bits per heavy atom. The predicted octanol–water partition coefficient (Wildman–Crippen LogP) is 2.89. The summed E-state index contributed by atoms with van der Waals surface area (Å²) < 4.78 is 16.7. The van der Waals surface area contributed by atoms with Gasteiger partial charge in [0.1, 0.15) is 23.3 Å². The van der Waals surface area contributed by atoms with Crippen LogP contribution < -0.4 is 14.8 Å². The maximum Gasteiger partial charge on any atom is 0.256 e. The standard InChI is InChI=1S/C30H32N4O6/c1-38-24-10-6-21(7-11-24)28(36)33-17-14-30(15-18-33)34(29(37)22-8-12-25(39-2)13-9-22)26(20-40-30)27(35)32-19-23-5-3-4-16-31-23/h3-13,16,26H,14-15,17-20H2,1-2H3,(H,32,35). The Balaban J connectivity index is 1.35. The van der Waals surface area contributed by atoms with Gasteiger partial charge in [-0.25, -0.2) is 0 Å². The van der Waals surface area contributed by atoms with Gasteiger partial charge in [0, 0.05) is 43.3 Å². The van der Waals surface area contributed by atoms with E-state index in [4.69, 9.17) is 14.2 Å². The fraction of sp³-hybridized carbons (Fsp3) is 0.333. The van der Waals surface area contributed by atoms with Crippen molar-refractivity contribution in [1.29, 1.82) is 0 Å². The topological polar surface area (TPSA) is 110 Å². The summed E-state index contributed by atoms with van der Waals surface area (Å²) >= 11 is 0. The van der Waals surface area contributed by atoms with Crippen molar-refractivity contribution in [2.24, 2.45) is 0 Å². The van der Waals surface area contributed by atoms with Crippen molar-refractivity contribution in [2.75, 3.05) is 33.9 Å². The van der Waals surface area contributed by atoms with Crippen LogP contribution in [0.1, 0.15) is 39.3 Å². The largest absolute Gasteiger partial charge is 0.497 e. The van der Waals surface area contributed by atoms with Crippen LogP contribution in [0.3, 0.4) is 0 Å². The minimum Gasteiger partial charge on any atom is -0.497 e. The Morgan fingerprint density at radius 3 is 2.05 bits per heavy atom. The third-order valence-electron chi connectivity index (χ3n) is 7.46. The molecule has 3 heterocycles. The van der Waals surface area contributed by atoms with Gasteiger partial charge in [0.25, 0.3) is 11.8 Å². The summed E-state index contributed by atoms with van der Waals surface area (Å²) in [5.41, 5.74) is 0.676. The van der Waals surface area contributed by atoms with Crippen LogP contribution in [0.2, 0.25) is 0 Å². The highest BCUT2D eigenvalue weighted by molar-refractivity contribution is 5.99. The van der Waals surface area contributed by atoms with Crippen molar-refractivity contribution >= 4 is 17.7 Å². The Kier molecular flexibility index (Phi) is 7.97. The number of likely N-dealkylation sites (tertiary alicyclic amines) is 1. The van der Waals surface area contributed by atoms with Crippen LogP contribution in [0.5, 0.6) is 11.5 Å². The molecule has 2 fully saturated rings. The number of benzene rings is 2. The molecule has 208 valence electrons. The van der Waals surface area contributed by atoms with E-state index in [1.807, 2.05) is 12.1 Å². The summed E-state index contributed by atoms with van der Waals surface area (Å²) in [7, 11) is 3.14. The molecule has 1 aromatic heterocycles. The molecule has 2 aliphatic rings. The second kappa shape index (κ2) is 11.7. The molecule has 10 nitrogen and oxygen atoms in total. The molecule has 10 heteroatoms. The number of piperidine rings is 1. The van der Waals surface area contributed by atoms with Gasteiger partial charge in [-0.1, -0.05) is 6.07 Å². The molecular formula is C30H32N4O6. The Hall–Kier alpha value is -4.44. The van der Waals surface area contributed by atoms with Gasteiger partial charge in [0.2, 0.25) is 5.91 Å². The molecule has 1 unspecified atom stereocenters. The molecule has 0 saturated carbocycles. The smallest absolute Gasteiger partial charge is 0.256 e. The first-order valence-electron chi connectivity index (χ1n) is 13.2. The van der Waals surface area contributed by atoms with Gasteiger partial charge in [-0.05, 0) is 60.7 Å².